The van der Waals surface area contributed by atoms with E-state index in [0.29, 0.717) is 29.9 Å². The van der Waals surface area contributed by atoms with E-state index in [1.54, 1.807) is 0 Å². The van der Waals surface area contributed by atoms with Gasteiger partial charge >= 0.3 is 0 Å². The van der Waals surface area contributed by atoms with Gasteiger partial charge in [0.2, 0.25) is 0 Å². The quantitative estimate of drug-likeness (QED) is 0.790. The SMILES string of the molecule is NC1(c2ccc3c(c2F)CCO3)CCCC1. The first-order valence-electron chi connectivity index (χ1n) is 5.94. The number of halogens is 1. The molecule has 1 saturated carbocycles. The molecule has 0 atom stereocenters. The Labute approximate surface area is 94.6 Å². The van der Waals surface area contributed by atoms with Crippen molar-refractivity contribution in [2.24, 2.45) is 5.73 Å². The first kappa shape index (κ1) is 10.1. The van der Waals surface area contributed by atoms with Crippen LogP contribution < -0.4 is 10.5 Å². The normalized spacial score (nSPS) is 21.9. The van der Waals surface area contributed by atoms with Crippen molar-refractivity contribution in [2.75, 3.05) is 6.61 Å². The van der Waals surface area contributed by atoms with Crippen molar-refractivity contribution in [3.63, 3.8) is 0 Å². The molecule has 86 valence electrons. The molecule has 1 fully saturated rings. The Kier molecular flexibility index (Phi) is 2.18. The van der Waals surface area contributed by atoms with E-state index in [1.807, 2.05) is 12.1 Å². The molecule has 1 aliphatic carbocycles. The molecule has 0 amide bonds. The number of benzene rings is 1. The minimum atomic E-state index is -0.443. The van der Waals surface area contributed by atoms with Gasteiger partial charge in [-0.15, -0.1) is 0 Å². The van der Waals surface area contributed by atoms with E-state index in [4.69, 9.17) is 10.5 Å². The molecule has 1 aromatic carbocycles. The highest BCUT2D eigenvalue weighted by Crippen LogP contribution is 2.40. The van der Waals surface area contributed by atoms with Crippen LogP contribution in [0.2, 0.25) is 0 Å². The summed E-state index contributed by atoms with van der Waals surface area (Å²) in [6.07, 6.45) is 4.66. The lowest BCUT2D eigenvalue weighted by atomic mass is 9.87. The van der Waals surface area contributed by atoms with Crippen molar-refractivity contribution in [3.05, 3.63) is 29.1 Å². The van der Waals surface area contributed by atoms with E-state index >= 15 is 0 Å². The van der Waals surface area contributed by atoms with Crippen molar-refractivity contribution < 1.29 is 9.13 Å². The zero-order chi connectivity index (χ0) is 11.2. The molecular weight excluding hydrogens is 205 g/mol. The molecule has 1 heterocycles. The molecule has 1 aromatic rings. The molecule has 16 heavy (non-hydrogen) atoms. The van der Waals surface area contributed by atoms with Gasteiger partial charge in [-0.3, -0.25) is 0 Å². The zero-order valence-electron chi connectivity index (χ0n) is 9.26. The summed E-state index contributed by atoms with van der Waals surface area (Å²) in [6.45, 7) is 0.591. The highest BCUT2D eigenvalue weighted by atomic mass is 19.1. The minimum Gasteiger partial charge on any atom is -0.493 e. The van der Waals surface area contributed by atoms with Crippen LogP contribution in [0.3, 0.4) is 0 Å². The van der Waals surface area contributed by atoms with Gasteiger partial charge in [0.1, 0.15) is 11.6 Å². The number of rotatable bonds is 1. The lowest BCUT2D eigenvalue weighted by Gasteiger charge is -2.25. The number of nitrogens with two attached hydrogens (primary N) is 1. The fraction of sp³-hybridized carbons (Fsp3) is 0.538. The Hall–Kier alpha value is -1.09. The van der Waals surface area contributed by atoms with Crippen molar-refractivity contribution in [2.45, 2.75) is 37.6 Å². The maximum atomic E-state index is 14.3. The highest BCUT2D eigenvalue weighted by Gasteiger charge is 2.35. The van der Waals surface area contributed by atoms with E-state index in [2.05, 4.69) is 0 Å². The summed E-state index contributed by atoms with van der Waals surface area (Å²) in [7, 11) is 0. The Balaban J connectivity index is 2.08. The van der Waals surface area contributed by atoms with Gasteiger partial charge in [0, 0.05) is 23.1 Å². The molecular formula is C13H16FNO. The summed E-state index contributed by atoms with van der Waals surface area (Å²) in [5.41, 5.74) is 7.26. The summed E-state index contributed by atoms with van der Waals surface area (Å²) in [4.78, 5) is 0. The lowest BCUT2D eigenvalue weighted by Crippen LogP contribution is -2.34. The third kappa shape index (κ3) is 1.34. The molecule has 0 spiro atoms. The second-order valence-corrected chi connectivity index (χ2v) is 4.87. The molecule has 2 nitrogen and oxygen atoms in total. The fourth-order valence-electron chi connectivity index (χ4n) is 2.89. The van der Waals surface area contributed by atoms with E-state index < -0.39 is 5.54 Å². The van der Waals surface area contributed by atoms with Gasteiger partial charge in [0.25, 0.3) is 0 Å². The predicted molar refractivity (Wildman–Crippen MR) is 59.9 cm³/mol. The fourth-order valence-corrected chi connectivity index (χ4v) is 2.89. The lowest BCUT2D eigenvalue weighted by molar-refractivity contribution is 0.356. The average molecular weight is 221 g/mol. The van der Waals surface area contributed by atoms with Crippen molar-refractivity contribution in [3.8, 4) is 5.75 Å². The first-order chi connectivity index (χ1) is 7.71. The van der Waals surface area contributed by atoms with E-state index in [1.165, 1.54) is 0 Å². The second kappa shape index (κ2) is 3.45. The summed E-state index contributed by atoms with van der Waals surface area (Å²) in [5.74, 6) is 0.572. The molecule has 3 heteroatoms. The largest absolute Gasteiger partial charge is 0.493 e. The van der Waals surface area contributed by atoms with Crippen LogP contribution in [0.25, 0.3) is 0 Å². The number of ether oxygens (including phenoxy) is 1. The number of hydrogen-bond acceptors (Lipinski definition) is 2. The summed E-state index contributed by atoms with van der Waals surface area (Å²) >= 11 is 0. The highest BCUT2D eigenvalue weighted by molar-refractivity contribution is 5.43. The molecule has 2 aliphatic rings. The Bertz CT molecular complexity index is 424. The molecule has 3 rings (SSSR count). The molecule has 0 unspecified atom stereocenters. The number of fused-ring (bicyclic) bond motifs is 1. The van der Waals surface area contributed by atoms with Crippen LogP contribution in [0.5, 0.6) is 5.75 Å². The maximum Gasteiger partial charge on any atom is 0.135 e. The predicted octanol–water partition coefficient (Wildman–Crippen LogP) is 2.49. The van der Waals surface area contributed by atoms with Crippen LogP contribution >= 0.6 is 0 Å². The topological polar surface area (TPSA) is 35.2 Å². The minimum absolute atomic E-state index is 0.126. The average Bonchev–Trinajstić information content (AvgIpc) is 2.87. The van der Waals surface area contributed by atoms with Gasteiger partial charge in [-0.25, -0.2) is 4.39 Å². The molecule has 0 saturated heterocycles. The molecule has 0 bridgehead atoms. The van der Waals surface area contributed by atoms with Crippen molar-refractivity contribution in [1.82, 2.24) is 0 Å². The third-order valence-corrected chi connectivity index (χ3v) is 3.84. The smallest absolute Gasteiger partial charge is 0.135 e. The summed E-state index contributed by atoms with van der Waals surface area (Å²) in [6, 6.07) is 3.68. The Morgan fingerprint density at radius 1 is 1.25 bits per heavy atom. The third-order valence-electron chi connectivity index (χ3n) is 3.84. The summed E-state index contributed by atoms with van der Waals surface area (Å²) in [5, 5.41) is 0. The molecule has 0 radical (unpaired) electrons. The number of hydrogen-bond donors (Lipinski definition) is 1. The van der Waals surface area contributed by atoms with Gasteiger partial charge in [0.15, 0.2) is 0 Å². The van der Waals surface area contributed by atoms with Crippen LogP contribution in [0.4, 0.5) is 4.39 Å². The molecule has 1 aliphatic heterocycles. The Morgan fingerprint density at radius 2 is 2.00 bits per heavy atom. The van der Waals surface area contributed by atoms with Gasteiger partial charge in [-0.05, 0) is 18.9 Å². The van der Waals surface area contributed by atoms with Crippen molar-refractivity contribution in [1.29, 1.82) is 0 Å². The van der Waals surface area contributed by atoms with Crippen LogP contribution in [-0.4, -0.2) is 6.61 Å². The first-order valence-corrected chi connectivity index (χ1v) is 5.94. The zero-order valence-corrected chi connectivity index (χ0v) is 9.26. The van der Waals surface area contributed by atoms with Gasteiger partial charge < -0.3 is 10.5 Å². The van der Waals surface area contributed by atoms with E-state index in [-0.39, 0.29) is 5.82 Å². The van der Waals surface area contributed by atoms with Crippen LogP contribution in [0.15, 0.2) is 12.1 Å². The van der Waals surface area contributed by atoms with E-state index in [9.17, 15) is 4.39 Å². The standard InChI is InChI=1S/C13H16FNO/c14-12-9-5-8-16-11(9)4-3-10(12)13(15)6-1-2-7-13/h3-4H,1-2,5-8,15H2. The van der Waals surface area contributed by atoms with Crippen LogP contribution in [0, 0.1) is 5.82 Å². The summed E-state index contributed by atoms with van der Waals surface area (Å²) < 4.78 is 19.7. The molecule has 2 N–H and O–H groups in total. The van der Waals surface area contributed by atoms with Crippen LogP contribution in [-0.2, 0) is 12.0 Å². The van der Waals surface area contributed by atoms with Gasteiger partial charge in [0.05, 0.1) is 6.61 Å². The van der Waals surface area contributed by atoms with Crippen molar-refractivity contribution >= 4 is 0 Å². The Morgan fingerprint density at radius 3 is 2.75 bits per heavy atom. The van der Waals surface area contributed by atoms with Gasteiger partial charge in [-0.2, -0.15) is 0 Å². The second-order valence-electron chi connectivity index (χ2n) is 4.87. The molecule has 0 aromatic heterocycles. The van der Waals surface area contributed by atoms with Crippen LogP contribution in [0.1, 0.15) is 36.8 Å². The van der Waals surface area contributed by atoms with Gasteiger partial charge in [-0.1, -0.05) is 18.9 Å². The maximum absolute atomic E-state index is 14.3. The van der Waals surface area contributed by atoms with E-state index in [0.717, 1.165) is 25.7 Å². The monoisotopic (exact) mass is 221 g/mol.